The minimum absolute atomic E-state index is 0.0155. The van der Waals surface area contributed by atoms with Crippen LogP contribution in [0.5, 0.6) is 0 Å². The predicted octanol–water partition coefficient (Wildman–Crippen LogP) is 6.34. The average Bonchev–Trinajstić information content (AvgIpc) is 2.82. The third-order valence-electron chi connectivity index (χ3n) is 6.66. The molecule has 7 nitrogen and oxygen atoms in total. The van der Waals surface area contributed by atoms with Gasteiger partial charge in [0.2, 0.25) is 0 Å². The number of nitrogens with zero attached hydrogens (tertiary/aromatic N) is 2. The zero-order valence-corrected chi connectivity index (χ0v) is 24.2. The van der Waals surface area contributed by atoms with Crippen LogP contribution < -0.4 is 5.32 Å². The maximum absolute atomic E-state index is 14.6. The van der Waals surface area contributed by atoms with E-state index in [0.717, 1.165) is 10.0 Å². The lowest BCUT2D eigenvalue weighted by Gasteiger charge is -2.42. The van der Waals surface area contributed by atoms with Crippen LogP contribution in [-0.2, 0) is 15.9 Å². The number of hydrogen-bond acceptors (Lipinski definition) is 4. The van der Waals surface area contributed by atoms with E-state index in [-0.39, 0.29) is 30.8 Å². The highest BCUT2D eigenvalue weighted by atomic mass is 79.9. The first-order chi connectivity index (χ1) is 18.0. The summed E-state index contributed by atoms with van der Waals surface area (Å²) >= 11 is 9.86. The van der Waals surface area contributed by atoms with Crippen LogP contribution in [0.25, 0.3) is 0 Å². The first kappa shape index (κ1) is 28.6. The molecular weight excluding hydrogens is 577 g/mol. The SMILES string of the molecule is CC(C)(C)OC(=O)N1CC(OC2CCN(C(=O)NC(Cc3c(F)cccc3Cl)c3ccccc3Br)CC2)C1. The van der Waals surface area contributed by atoms with Crippen LogP contribution in [0.2, 0.25) is 5.02 Å². The van der Waals surface area contributed by atoms with Crippen molar-refractivity contribution in [2.45, 2.75) is 63.9 Å². The van der Waals surface area contributed by atoms with Crippen molar-refractivity contribution in [2.24, 2.45) is 0 Å². The molecule has 0 spiro atoms. The zero-order chi connectivity index (χ0) is 27.4. The van der Waals surface area contributed by atoms with Crippen molar-refractivity contribution < 1.29 is 23.5 Å². The second kappa shape index (κ2) is 12.2. The maximum atomic E-state index is 14.6. The lowest BCUT2D eigenvalue weighted by Crippen LogP contribution is -2.57. The van der Waals surface area contributed by atoms with Crippen molar-refractivity contribution in [3.8, 4) is 0 Å². The molecule has 2 aliphatic rings. The van der Waals surface area contributed by atoms with Crippen LogP contribution in [0.15, 0.2) is 46.9 Å². The van der Waals surface area contributed by atoms with E-state index in [1.54, 1.807) is 21.9 Å². The van der Waals surface area contributed by atoms with Crippen LogP contribution in [0.1, 0.15) is 50.8 Å². The number of likely N-dealkylation sites (tertiary alicyclic amines) is 2. The molecule has 206 valence electrons. The fourth-order valence-electron chi connectivity index (χ4n) is 4.64. The van der Waals surface area contributed by atoms with Gasteiger partial charge >= 0.3 is 12.1 Å². The molecule has 2 heterocycles. The average molecular weight is 611 g/mol. The van der Waals surface area contributed by atoms with Crippen molar-refractivity contribution in [2.75, 3.05) is 26.2 Å². The minimum atomic E-state index is -0.520. The molecule has 10 heteroatoms. The van der Waals surface area contributed by atoms with Crippen LogP contribution in [0.4, 0.5) is 14.0 Å². The Morgan fingerprint density at radius 3 is 2.39 bits per heavy atom. The number of carbonyl (C=O) groups excluding carboxylic acids is 2. The number of rotatable bonds is 6. The molecule has 0 bridgehead atoms. The Morgan fingerprint density at radius 1 is 1.08 bits per heavy atom. The Labute approximate surface area is 236 Å². The van der Waals surface area contributed by atoms with E-state index in [4.69, 9.17) is 21.1 Å². The fraction of sp³-hybridized carbons (Fsp3) is 0.500. The van der Waals surface area contributed by atoms with Gasteiger partial charge in [0.25, 0.3) is 0 Å². The van der Waals surface area contributed by atoms with Gasteiger partial charge in [-0.1, -0.05) is 51.8 Å². The Kier molecular flexibility index (Phi) is 9.21. The van der Waals surface area contributed by atoms with E-state index in [2.05, 4.69) is 21.2 Å². The summed E-state index contributed by atoms with van der Waals surface area (Å²) in [4.78, 5) is 28.8. The number of urea groups is 1. The number of hydrogen-bond donors (Lipinski definition) is 1. The summed E-state index contributed by atoms with van der Waals surface area (Å²) in [6, 6.07) is 11.5. The second-order valence-electron chi connectivity index (χ2n) is 10.8. The molecule has 0 aromatic heterocycles. The van der Waals surface area contributed by atoms with Crippen LogP contribution in [0.3, 0.4) is 0 Å². The minimum Gasteiger partial charge on any atom is -0.444 e. The predicted molar refractivity (Wildman–Crippen MR) is 148 cm³/mol. The Bertz CT molecular complexity index is 1130. The molecule has 1 atom stereocenters. The summed E-state index contributed by atoms with van der Waals surface area (Å²) < 4.78 is 27.0. The molecule has 2 fully saturated rings. The highest BCUT2D eigenvalue weighted by Gasteiger charge is 2.37. The molecule has 2 aromatic rings. The van der Waals surface area contributed by atoms with Gasteiger partial charge in [-0.25, -0.2) is 14.0 Å². The van der Waals surface area contributed by atoms with E-state index in [1.807, 2.05) is 45.0 Å². The van der Waals surface area contributed by atoms with Gasteiger partial charge < -0.3 is 24.6 Å². The summed E-state index contributed by atoms with van der Waals surface area (Å²) in [7, 11) is 0. The van der Waals surface area contributed by atoms with Crippen molar-refractivity contribution in [1.29, 1.82) is 0 Å². The molecule has 1 N–H and O–H groups in total. The van der Waals surface area contributed by atoms with Gasteiger partial charge in [-0.3, -0.25) is 0 Å². The zero-order valence-electron chi connectivity index (χ0n) is 21.9. The third-order valence-corrected chi connectivity index (χ3v) is 7.74. The monoisotopic (exact) mass is 609 g/mol. The molecule has 2 aliphatic heterocycles. The van der Waals surface area contributed by atoms with E-state index < -0.39 is 17.5 Å². The summed E-state index contributed by atoms with van der Waals surface area (Å²) in [6.07, 6.45) is 1.32. The molecule has 38 heavy (non-hydrogen) atoms. The van der Waals surface area contributed by atoms with Crippen LogP contribution in [0, 0.1) is 5.82 Å². The van der Waals surface area contributed by atoms with E-state index in [9.17, 15) is 14.0 Å². The number of piperidine rings is 1. The van der Waals surface area contributed by atoms with Gasteiger partial charge in [0.05, 0.1) is 31.3 Å². The summed E-state index contributed by atoms with van der Waals surface area (Å²) in [5.41, 5.74) is 0.689. The Balaban J connectivity index is 1.30. The molecule has 4 rings (SSSR count). The van der Waals surface area contributed by atoms with E-state index in [1.165, 1.54) is 6.07 Å². The fourth-order valence-corrected chi connectivity index (χ4v) is 5.44. The lowest BCUT2D eigenvalue weighted by molar-refractivity contribution is -0.104. The molecule has 0 radical (unpaired) electrons. The highest BCUT2D eigenvalue weighted by molar-refractivity contribution is 9.10. The summed E-state index contributed by atoms with van der Waals surface area (Å²) in [6.45, 7) is 7.66. The number of nitrogens with one attached hydrogen (secondary N) is 1. The van der Waals surface area contributed by atoms with Crippen LogP contribution >= 0.6 is 27.5 Å². The Morgan fingerprint density at radius 2 is 1.76 bits per heavy atom. The molecule has 2 aromatic carbocycles. The molecule has 0 aliphatic carbocycles. The van der Waals surface area contributed by atoms with Crippen LogP contribution in [-0.4, -0.2) is 65.9 Å². The number of halogens is 3. The number of carbonyl (C=O) groups is 2. The normalized spacial score (nSPS) is 17.6. The Hall–Kier alpha value is -2.36. The van der Waals surface area contributed by atoms with Gasteiger partial charge in [-0.15, -0.1) is 0 Å². The van der Waals surface area contributed by atoms with Gasteiger partial charge in [0.1, 0.15) is 11.4 Å². The van der Waals surface area contributed by atoms with Gasteiger partial charge in [0, 0.05) is 34.6 Å². The summed E-state index contributed by atoms with van der Waals surface area (Å²) in [5, 5.41) is 3.42. The number of ether oxygens (including phenoxy) is 2. The second-order valence-corrected chi connectivity index (χ2v) is 12.0. The third kappa shape index (κ3) is 7.39. The van der Waals surface area contributed by atoms with Crippen molar-refractivity contribution in [3.63, 3.8) is 0 Å². The molecular formula is C28H34BrClFN3O4. The standard InChI is InChI=1S/C28H34BrClFN3O4/c1-28(2,3)38-27(36)34-16-19(17-34)37-18-11-13-33(14-12-18)26(35)32-25(20-7-4-5-8-22(20)29)15-21-23(30)9-6-10-24(21)31/h4-10,18-19,25H,11-17H2,1-3H3,(H,32,35). The maximum Gasteiger partial charge on any atom is 0.410 e. The number of benzene rings is 2. The highest BCUT2D eigenvalue weighted by Crippen LogP contribution is 2.30. The van der Waals surface area contributed by atoms with Gasteiger partial charge in [-0.05, 0) is 57.4 Å². The quantitative estimate of drug-likeness (QED) is 0.415. The largest absolute Gasteiger partial charge is 0.444 e. The smallest absolute Gasteiger partial charge is 0.410 e. The van der Waals surface area contributed by atoms with Crippen molar-refractivity contribution >= 4 is 39.7 Å². The topological polar surface area (TPSA) is 71.1 Å². The van der Waals surface area contributed by atoms with Gasteiger partial charge in [-0.2, -0.15) is 0 Å². The summed E-state index contributed by atoms with van der Waals surface area (Å²) in [5.74, 6) is -0.400. The first-order valence-corrected chi connectivity index (χ1v) is 14.0. The molecule has 3 amide bonds. The molecule has 0 saturated carbocycles. The number of amides is 3. The first-order valence-electron chi connectivity index (χ1n) is 12.9. The van der Waals surface area contributed by atoms with Gasteiger partial charge in [0.15, 0.2) is 0 Å². The molecule has 1 unspecified atom stereocenters. The molecule has 2 saturated heterocycles. The lowest BCUT2D eigenvalue weighted by atomic mass is 9.98. The van der Waals surface area contributed by atoms with Crippen molar-refractivity contribution in [3.05, 3.63) is 68.9 Å². The van der Waals surface area contributed by atoms with E-state index in [0.29, 0.717) is 49.6 Å². The van der Waals surface area contributed by atoms with Crippen molar-refractivity contribution in [1.82, 2.24) is 15.1 Å². The van der Waals surface area contributed by atoms with E-state index >= 15 is 0 Å².